The van der Waals surface area contributed by atoms with Crippen molar-refractivity contribution in [1.82, 2.24) is 15.2 Å². The molecule has 5 nitrogen and oxygen atoms in total. The molecule has 6 heteroatoms. The van der Waals surface area contributed by atoms with Crippen LogP contribution in [0.15, 0.2) is 23.0 Å². The summed E-state index contributed by atoms with van der Waals surface area (Å²) in [5.41, 5.74) is 3.91. The van der Waals surface area contributed by atoms with Gasteiger partial charge in [0.15, 0.2) is 5.11 Å². The molecule has 154 valence electrons. The summed E-state index contributed by atoms with van der Waals surface area (Å²) in [5, 5.41) is 5.19. The van der Waals surface area contributed by atoms with E-state index >= 15 is 0 Å². The van der Waals surface area contributed by atoms with E-state index in [9.17, 15) is 4.79 Å². The normalized spacial score (nSPS) is 11.4. The lowest BCUT2D eigenvalue weighted by molar-refractivity contribution is -0.858. The van der Waals surface area contributed by atoms with Gasteiger partial charge < -0.3 is 20.1 Å². The summed E-state index contributed by atoms with van der Waals surface area (Å²) in [6.07, 6.45) is 1.02. The fraction of sp³-hybridized carbons (Fsp3) is 0.545. The summed E-state index contributed by atoms with van der Waals surface area (Å²) in [6, 6.07) is 6.19. The van der Waals surface area contributed by atoms with Gasteiger partial charge >= 0.3 is 0 Å². The Labute approximate surface area is 174 Å². The van der Waals surface area contributed by atoms with E-state index < -0.39 is 0 Å². The number of aromatic nitrogens is 1. The van der Waals surface area contributed by atoms with E-state index in [4.69, 9.17) is 12.2 Å². The minimum absolute atomic E-state index is 0.0314. The summed E-state index contributed by atoms with van der Waals surface area (Å²) in [6.45, 7) is 11.7. The zero-order valence-corrected chi connectivity index (χ0v) is 18.9. The molecule has 0 amide bonds. The van der Waals surface area contributed by atoms with E-state index in [2.05, 4.69) is 56.1 Å². The summed E-state index contributed by atoms with van der Waals surface area (Å²) in [5.74, 6) is 0.515. The van der Waals surface area contributed by atoms with Crippen molar-refractivity contribution >= 4 is 28.2 Å². The quantitative estimate of drug-likeness (QED) is 0.590. The molecule has 0 radical (unpaired) electrons. The van der Waals surface area contributed by atoms with Crippen molar-refractivity contribution in [2.24, 2.45) is 5.92 Å². The number of H-pyrrole nitrogens is 1. The minimum Gasteiger partial charge on any atom is -0.362 e. The predicted octanol–water partition coefficient (Wildman–Crippen LogP) is 2.01. The Hall–Kier alpha value is -1.92. The largest absolute Gasteiger partial charge is 0.362 e. The summed E-state index contributed by atoms with van der Waals surface area (Å²) < 4.78 is 0. The number of quaternary nitrogens is 1. The van der Waals surface area contributed by atoms with Crippen molar-refractivity contribution < 1.29 is 4.90 Å². The lowest BCUT2D eigenvalue weighted by atomic mass is 10.0. The summed E-state index contributed by atoms with van der Waals surface area (Å²) in [4.78, 5) is 19.4. The second-order valence-corrected chi connectivity index (χ2v) is 8.81. The SMILES string of the molecule is Cc1ccc(C)c2[nH]c(=O)c(CN(CCC[NH+](C)C)C(=S)NCC(C)C)cc12. The molecule has 0 bridgehead atoms. The van der Waals surface area contributed by atoms with Gasteiger partial charge in [0.05, 0.1) is 32.7 Å². The highest BCUT2D eigenvalue weighted by molar-refractivity contribution is 7.80. The smallest absolute Gasteiger partial charge is 0.253 e. The van der Waals surface area contributed by atoms with Gasteiger partial charge in [-0.25, -0.2) is 0 Å². The van der Waals surface area contributed by atoms with Gasteiger partial charge in [0.1, 0.15) is 0 Å². The van der Waals surface area contributed by atoms with E-state index in [0.29, 0.717) is 12.5 Å². The molecule has 0 aliphatic heterocycles. The molecule has 28 heavy (non-hydrogen) atoms. The standard InChI is InChI=1S/C22H34N4OS/c1-15(2)13-23-22(28)26(11-7-10-25(5)6)14-18-12-19-16(3)8-9-17(4)20(19)24-21(18)27/h8-9,12,15H,7,10-11,13-14H2,1-6H3,(H,23,28)(H,24,27)/p+1. The highest BCUT2D eigenvalue weighted by Crippen LogP contribution is 2.20. The van der Waals surface area contributed by atoms with Crippen LogP contribution < -0.4 is 15.8 Å². The maximum atomic E-state index is 12.8. The Morgan fingerprint density at radius 2 is 1.93 bits per heavy atom. The molecule has 1 heterocycles. The molecule has 0 atom stereocenters. The molecule has 1 aromatic carbocycles. The predicted molar refractivity (Wildman–Crippen MR) is 122 cm³/mol. The average Bonchev–Trinajstić information content (AvgIpc) is 2.62. The number of benzene rings is 1. The first-order chi connectivity index (χ1) is 13.2. The van der Waals surface area contributed by atoms with Crippen LogP contribution in [0.1, 0.15) is 37.0 Å². The number of aryl methyl sites for hydroxylation is 2. The first kappa shape index (κ1) is 22.4. The van der Waals surface area contributed by atoms with Crippen LogP contribution in [0, 0.1) is 19.8 Å². The van der Waals surface area contributed by atoms with E-state index in [0.717, 1.165) is 53.2 Å². The molecule has 0 aliphatic carbocycles. The van der Waals surface area contributed by atoms with Crippen LogP contribution in [0.3, 0.4) is 0 Å². The molecule has 3 N–H and O–H groups in total. The summed E-state index contributed by atoms with van der Waals surface area (Å²) >= 11 is 5.65. The van der Waals surface area contributed by atoms with E-state index in [1.807, 2.05) is 19.1 Å². The van der Waals surface area contributed by atoms with Crippen molar-refractivity contribution in [2.45, 2.75) is 40.7 Å². The molecule has 0 spiro atoms. The molecule has 2 rings (SSSR count). The van der Waals surface area contributed by atoms with Crippen LogP contribution in [0.2, 0.25) is 0 Å². The highest BCUT2D eigenvalue weighted by atomic mass is 32.1. The number of hydrogen-bond acceptors (Lipinski definition) is 2. The second kappa shape index (κ2) is 10.0. The highest BCUT2D eigenvalue weighted by Gasteiger charge is 2.15. The number of thiocarbonyl (C=S) groups is 1. The number of pyridine rings is 1. The molecule has 0 saturated carbocycles. The van der Waals surface area contributed by atoms with Gasteiger partial charge in [-0.15, -0.1) is 0 Å². The van der Waals surface area contributed by atoms with Crippen LogP contribution in [0.25, 0.3) is 10.9 Å². The number of fused-ring (bicyclic) bond motifs is 1. The van der Waals surface area contributed by atoms with Gasteiger partial charge in [-0.3, -0.25) is 4.79 Å². The Morgan fingerprint density at radius 3 is 2.57 bits per heavy atom. The molecular formula is C22H35N4OS+. The molecule has 0 unspecified atom stereocenters. The Bertz CT molecular complexity index is 873. The van der Waals surface area contributed by atoms with Gasteiger partial charge in [-0.2, -0.15) is 0 Å². The van der Waals surface area contributed by atoms with Gasteiger partial charge in [0.25, 0.3) is 5.56 Å². The monoisotopic (exact) mass is 403 g/mol. The number of rotatable bonds is 8. The van der Waals surface area contributed by atoms with Crippen LogP contribution >= 0.6 is 12.2 Å². The first-order valence-corrected chi connectivity index (χ1v) is 10.5. The van der Waals surface area contributed by atoms with Gasteiger partial charge in [-0.1, -0.05) is 26.0 Å². The van der Waals surface area contributed by atoms with Crippen molar-refractivity contribution in [3.63, 3.8) is 0 Å². The Balaban J connectivity index is 2.28. The van der Waals surface area contributed by atoms with Crippen LogP contribution in [0.5, 0.6) is 0 Å². The maximum Gasteiger partial charge on any atom is 0.253 e. The maximum absolute atomic E-state index is 12.8. The van der Waals surface area contributed by atoms with Crippen LogP contribution in [0.4, 0.5) is 0 Å². The lowest BCUT2D eigenvalue weighted by Gasteiger charge is -2.26. The zero-order valence-electron chi connectivity index (χ0n) is 18.1. The van der Waals surface area contributed by atoms with Gasteiger partial charge in [0.2, 0.25) is 0 Å². The lowest BCUT2D eigenvalue weighted by Crippen LogP contribution is -3.05. The third-order valence-corrected chi connectivity index (χ3v) is 5.34. The third kappa shape index (κ3) is 6.04. The number of nitrogens with one attached hydrogen (secondary N) is 3. The number of nitrogens with zero attached hydrogens (tertiary/aromatic N) is 1. The average molecular weight is 404 g/mol. The molecule has 0 saturated heterocycles. The third-order valence-electron chi connectivity index (χ3n) is 4.94. The van der Waals surface area contributed by atoms with Gasteiger partial charge in [0, 0.05) is 30.5 Å². The van der Waals surface area contributed by atoms with Crippen molar-refractivity contribution in [3.05, 3.63) is 45.2 Å². The molecule has 0 aliphatic rings. The summed E-state index contributed by atoms with van der Waals surface area (Å²) in [7, 11) is 4.30. The first-order valence-electron chi connectivity index (χ1n) is 10.1. The van der Waals surface area contributed by atoms with Crippen molar-refractivity contribution in [1.29, 1.82) is 0 Å². The molecule has 0 fully saturated rings. The van der Waals surface area contributed by atoms with Crippen molar-refractivity contribution in [2.75, 3.05) is 33.7 Å². The van der Waals surface area contributed by atoms with Crippen molar-refractivity contribution in [3.8, 4) is 0 Å². The Morgan fingerprint density at radius 1 is 1.25 bits per heavy atom. The zero-order chi connectivity index (χ0) is 20.8. The van der Waals surface area contributed by atoms with Gasteiger partial charge in [-0.05, 0) is 49.2 Å². The fourth-order valence-electron chi connectivity index (χ4n) is 3.22. The van der Waals surface area contributed by atoms with E-state index in [1.165, 1.54) is 10.5 Å². The van der Waals surface area contributed by atoms with Crippen LogP contribution in [-0.4, -0.2) is 48.7 Å². The number of aromatic amines is 1. The number of hydrogen-bond donors (Lipinski definition) is 3. The minimum atomic E-state index is -0.0314. The second-order valence-electron chi connectivity index (χ2n) is 8.42. The van der Waals surface area contributed by atoms with E-state index in [-0.39, 0.29) is 5.56 Å². The fourth-order valence-corrected chi connectivity index (χ4v) is 3.46. The van der Waals surface area contributed by atoms with Crippen LogP contribution in [-0.2, 0) is 6.54 Å². The molecule has 1 aromatic heterocycles. The molecule has 2 aromatic rings. The van der Waals surface area contributed by atoms with E-state index in [1.54, 1.807) is 0 Å². The Kier molecular flexibility index (Phi) is 8.01. The topological polar surface area (TPSA) is 52.6 Å². The molecular weight excluding hydrogens is 368 g/mol.